The minimum absolute atomic E-state index is 0.248. The van der Waals surface area contributed by atoms with E-state index in [1.807, 2.05) is 12.1 Å². The topological polar surface area (TPSA) is 21.3 Å². The average molecular weight is 295 g/mol. The van der Waals surface area contributed by atoms with E-state index in [0.717, 1.165) is 24.7 Å². The Hall–Kier alpha value is -1.32. The van der Waals surface area contributed by atoms with Crippen molar-refractivity contribution in [2.24, 2.45) is 11.8 Å². The summed E-state index contributed by atoms with van der Waals surface area (Å²) >= 11 is 0. The summed E-state index contributed by atoms with van der Waals surface area (Å²) in [5.74, 6) is 1.95. The molecule has 2 nitrogen and oxygen atoms in total. The van der Waals surface area contributed by atoms with Gasteiger partial charge in [0.1, 0.15) is 5.75 Å². The largest absolute Gasteiger partial charge is 0.433 e. The van der Waals surface area contributed by atoms with Crippen molar-refractivity contribution in [2.45, 2.75) is 57.6 Å². The fourth-order valence-electron chi connectivity index (χ4n) is 4.01. The molecule has 3 unspecified atom stereocenters. The number of fused-ring (bicyclic) bond motifs is 1. The van der Waals surface area contributed by atoms with E-state index in [4.69, 9.17) is 0 Å². The molecule has 0 spiro atoms. The van der Waals surface area contributed by atoms with Gasteiger partial charge in [0, 0.05) is 6.04 Å². The maximum atomic E-state index is 12.5. The van der Waals surface area contributed by atoms with E-state index >= 15 is 0 Å². The highest BCUT2D eigenvalue weighted by atomic mass is 19.3. The number of ether oxygens (including phenoxy) is 1. The van der Waals surface area contributed by atoms with E-state index in [2.05, 4.69) is 10.1 Å². The molecule has 3 atom stereocenters. The molecular weight excluding hydrogens is 272 g/mol. The first kappa shape index (κ1) is 14.6. The minimum Gasteiger partial charge on any atom is -0.433 e. The van der Waals surface area contributed by atoms with Gasteiger partial charge in [-0.3, -0.25) is 0 Å². The summed E-state index contributed by atoms with van der Waals surface area (Å²) in [6.07, 6.45) is 8.99. The highest BCUT2D eigenvalue weighted by Crippen LogP contribution is 2.41. The second-order valence-electron chi connectivity index (χ2n) is 6.33. The summed E-state index contributed by atoms with van der Waals surface area (Å²) in [6.45, 7) is -2.78. The third-order valence-electron chi connectivity index (χ3n) is 5.00. The normalized spacial score (nSPS) is 29.0. The zero-order valence-corrected chi connectivity index (χ0v) is 12.2. The van der Waals surface area contributed by atoms with Crippen molar-refractivity contribution in [3.8, 4) is 5.75 Å². The van der Waals surface area contributed by atoms with Crippen LogP contribution in [0.1, 0.15) is 44.9 Å². The van der Waals surface area contributed by atoms with Gasteiger partial charge in [0.15, 0.2) is 0 Å². The van der Waals surface area contributed by atoms with E-state index in [1.54, 1.807) is 12.1 Å². The summed E-state index contributed by atoms with van der Waals surface area (Å²) in [6, 6.07) is 7.38. The number of para-hydroxylation sites is 2. The van der Waals surface area contributed by atoms with Crippen LogP contribution in [0.4, 0.5) is 14.5 Å². The van der Waals surface area contributed by atoms with Crippen LogP contribution in [0.5, 0.6) is 5.75 Å². The lowest BCUT2D eigenvalue weighted by Gasteiger charge is -2.40. The first-order valence-corrected chi connectivity index (χ1v) is 8.03. The highest BCUT2D eigenvalue weighted by Gasteiger charge is 2.32. The lowest BCUT2D eigenvalue weighted by molar-refractivity contribution is -0.0494. The Morgan fingerprint density at radius 1 is 1.00 bits per heavy atom. The van der Waals surface area contributed by atoms with Gasteiger partial charge in [-0.15, -0.1) is 0 Å². The van der Waals surface area contributed by atoms with Crippen molar-refractivity contribution >= 4 is 5.69 Å². The Morgan fingerprint density at radius 3 is 2.57 bits per heavy atom. The fraction of sp³-hybridized carbons (Fsp3) is 0.647. The molecule has 0 aliphatic heterocycles. The van der Waals surface area contributed by atoms with Crippen molar-refractivity contribution in [1.29, 1.82) is 0 Å². The smallest absolute Gasteiger partial charge is 0.387 e. The van der Waals surface area contributed by atoms with Crippen molar-refractivity contribution in [2.75, 3.05) is 5.32 Å². The predicted octanol–water partition coefficient (Wildman–Crippen LogP) is 5.06. The van der Waals surface area contributed by atoms with E-state index in [0.29, 0.717) is 11.7 Å². The van der Waals surface area contributed by atoms with Crippen LogP contribution in [0.2, 0.25) is 0 Å². The maximum Gasteiger partial charge on any atom is 0.387 e. The highest BCUT2D eigenvalue weighted by molar-refractivity contribution is 5.56. The SMILES string of the molecule is FC(F)Oc1ccccc1NC1CCC2CCCCC2C1. The number of nitrogens with one attached hydrogen (secondary N) is 1. The lowest BCUT2D eigenvalue weighted by atomic mass is 9.69. The molecule has 0 radical (unpaired) electrons. The first-order valence-electron chi connectivity index (χ1n) is 8.03. The van der Waals surface area contributed by atoms with Gasteiger partial charge in [0.2, 0.25) is 0 Å². The molecule has 3 rings (SSSR count). The maximum absolute atomic E-state index is 12.5. The average Bonchev–Trinajstić information content (AvgIpc) is 2.49. The molecule has 0 aromatic heterocycles. The summed E-state index contributed by atoms with van der Waals surface area (Å²) < 4.78 is 29.5. The molecule has 0 bridgehead atoms. The van der Waals surface area contributed by atoms with Gasteiger partial charge in [0.25, 0.3) is 0 Å². The van der Waals surface area contributed by atoms with E-state index in [-0.39, 0.29) is 5.75 Å². The molecule has 1 N–H and O–H groups in total. The molecule has 1 aromatic carbocycles. The molecular formula is C17H23F2NO. The molecule has 2 aliphatic rings. The second-order valence-corrected chi connectivity index (χ2v) is 6.33. The van der Waals surface area contributed by atoms with Crippen LogP contribution in [-0.2, 0) is 0 Å². The van der Waals surface area contributed by atoms with Gasteiger partial charge in [-0.25, -0.2) is 0 Å². The third kappa shape index (κ3) is 3.66. The molecule has 1 aromatic rings. The first-order chi connectivity index (χ1) is 10.2. The van der Waals surface area contributed by atoms with Crippen LogP contribution in [0.15, 0.2) is 24.3 Å². The minimum atomic E-state index is -2.78. The zero-order chi connectivity index (χ0) is 14.7. The van der Waals surface area contributed by atoms with E-state index in [1.165, 1.54) is 32.1 Å². The molecule has 0 saturated heterocycles. The quantitative estimate of drug-likeness (QED) is 0.838. The fourth-order valence-corrected chi connectivity index (χ4v) is 4.01. The van der Waals surface area contributed by atoms with Crippen LogP contribution < -0.4 is 10.1 Å². The predicted molar refractivity (Wildman–Crippen MR) is 79.8 cm³/mol. The molecule has 2 aliphatic carbocycles. The lowest BCUT2D eigenvalue weighted by Crippen LogP contribution is -2.34. The Labute approximate surface area is 124 Å². The Kier molecular flexibility index (Phi) is 4.61. The molecule has 21 heavy (non-hydrogen) atoms. The van der Waals surface area contributed by atoms with Crippen molar-refractivity contribution in [1.82, 2.24) is 0 Å². The third-order valence-corrected chi connectivity index (χ3v) is 5.00. The zero-order valence-electron chi connectivity index (χ0n) is 12.2. The van der Waals surface area contributed by atoms with Crippen LogP contribution in [0, 0.1) is 11.8 Å². The molecule has 0 amide bonds. The van der Waals surface area contributed by atoms with Crippen LogP contribution in [-0.4, -0.2) is 12.7 Å². The van der Waals surface area contributed by atoms with Gasteiger partial charge in [-0.05, 0) is 43.2 Å². The standard InChI is InChI=1S/C17H23F2NO/c18-17(19)21-16-8-4-3-7-15(16)20-14-10-9-12-5-1-2-6-13(12)11-14/h3-4,7-8,12-14,17,20H,1-2,5-6,9-11H2. The number of alkyl halides is 2. The summed E-state index contributed by atoms with van der Waals surface area (Å²) in [4.78, 5) is 0. The van der Waals surface area contributed by atoms with Gasteiger partial charge in [-0.1, -0.05) is 37.8 Å². The van der Waals surface area contributed by atoms with Crippen LogP contribution in [0.25, 0.3) is 0 Å². The molecule has 4 heteroatoms. The van der Waals surface area contributed by atoms with E-state index in [9.17, 15) is 8.78 Å². The Balaban J connectivity index is 1.64. The van der Waals surface area contributed by atoms with E-state index < -0.39 is 6.61 Å². The number of halogens is 2. The van der Waals surface area contributed by atoms with Crippen molar-refractivity contribution < 1.29 is 13.5 Å². The number of anilines is 1. The van der Waals surface area contributed by atoms with Gasteiger partial charge >= 0.3 is 6.61 Å². The number of hydrogen-bond donors (Lipinski definition) is 1. The second kappa shape index (κ2) is 6.63. The Bertz CT molecular complexity index is 466. The Morgan fingerprint density at radius 2 is 1.76 bits per heavy atom. The number of benzene rings is 1. The molecule has 2 saturated carbocycles. The molecule has 116 valence electrons. The molecule has 0 heterocycles. The van der Waals surface area contributed by atoms with Crippen molar-refractivity contribution in [3.63, 3.8) is 0 Å². The number of rotatable bonds is 4. The number of hydrogen-bond acceptors (Lipinski definition) is 2. The summed E-state index contributed by atoms with van der Waals surface area (Å²) in [5, 5.41) is 3.43. The van der Waals surface area contributed by atoms with Crippen LogP contribution >= 0.6 is 0 Å². The van der Waals surface area contributed by atoms with Crippen molar-refractivity contribution in [3.05, 3.63) is 24.3 Å². The molecule has 2 fully saturated rings. The van der Waals surface area contributed by atoms with Gasteiger partial charge < -0.3 is 10.1 Å². The monoisotopic (exact) mass is 295 g/mol. The van der Waals surface area contributed by atoms with Crippen LogP contribution in [0.3, 0.4) is 0 Å². The summed E-state index contributed by atoms with van der Waals surface area (Å²) in [5.41, 5.74) is 0.692. The van der Waals surface area contributed by atoms with Gasteiger partial charge in [-0.2, -0.15) is 8.78 Å². The van der Waals surface area contributed by atoms with Gasteiger partial charge in [0.05, 0.1) is 5.69 Å². The summed E-state index contributed by atoms with van der Waals surface area (Å²) in [7, 11) is 0.